The van der Waals surface area contributed by atoms with E-state index in [1.807, 2.05) is 6.92 Å². The van der Waals surface area contributed by atoms with Crippen LogP contribution in [0.1, 0.15) is 56.4 Å². The Morgan fingerprint density at radius 2 is 1.81 bits per heavy atom. The van der Waals surface area contributed by atoms with Crippen molar-refractivity contribution in [2.24, 2.45) is 5.92 Å². The van der Waals surface area contributed by atoms with Crippen molar-refractivity contribution in [1.29, 1.82) is 0 Å². The first-order chi connectivity index (χ1) is 17.9. The van der Waals surface area contributed by atoms with Crippen LogP contribution >= 0.6 is 0 Å². The Morgan fingerprint density at radius 3 is 2.41 bits per heavy atom. The Balaban J connectivity index is 1.42. The average molecular weight is 513 g/mol. The van der Waals surface area contributed by atoms with Crippen molar-refractivity contribution in [3.63, 3.8) is 0 Å². The molecule has 1 atom stereocenters. The van der Waals surface area contributed by atoms with Crippen molar-refractivity contribution in [2.75, 3.05) is 37.4 Å². The van der Waals surface area contributed by atoms with Crippen LogP contribution in [0.2, 0.25) is 0 Å². The van der Waals surface area contributed by atoms with Gasteiger partial charge in [0.25, 0.3) is 11.9 Å². The van der Waals surface area contributed by atoms with Crippen LogP contribution in [0, 0.1) is 5.92 Å². The average Bonchev–Trinajstić information content (AvgIpc) is 2.92. The highest BCUT2D eigenvalue weighted by Gasteiger charge is 2.19. The number of aromatic nitrogens is 1. The summed E-state index contributed by atoms with van der Waals surface area (Å²) in [6.45, 7) is 7.25. The van der Waals surface area contributed by atoms with E-state index in [0.717, 1.165) is 32.5 Å². The molecular formula is C28H37FN4O4. The van der Waals surface area contributed by atoms with Crippen molar-refractivity contribution in [2.45, 2.75) is 52.1 Å². The maximum Gasteiger partial charge on any atom is 0.274 e. The Morgan fingerprint density at radius 1 is 1.14 bits per heavy atom. The smallest absolute Gasteiger partial charge is 0.274 e. The number of allylic oxidation sites excluding steroid dienone is 1. The molecule has 2 heterocycles. The molecule has 1 saturated heterocycles. The topological polar surface area (TPSA) is 92.8 Å². The van der Waals surface area contributed by atoms with E-state index in [9.17, 15) is 14.0 Å². The number of piperidine rings is 1. The zero-order valence-electron chi connectivity index (χ0n) is 21.8. The first kappa shape index (κ1) is 28.1. The SMILES string of the molecule is CCN1CCC(Oc2ccc(C(=O)Nc3ccc(NC(=O)CCC(C)C/C=C(/F)OC)cc3)nc2)CC1. The molecule has 200 valence electrons. The lowest BCUT2D eigenvalue weighted by Gasteiger charge is -2.31. The molecule has 1 aliphatic rings. The van der Waals surface area contributed by atoms with Gasteiger partial charge < -0.3 is 25.0 Å². The second-order valence-electron chi connectivity index (χ2n) is 9.30. The largest absolute Gasteiger partial charge is 0.489 e. The predicted molar refractivity (Wildman–Crippen MR) is 142 cm³/mol. The summed E-state index contributed by atoms with van der Waals surface area (Å²) in [5.74, 6) is 0.367. The summed E-state index contributed by atoms with van der Waals surface area (Å²) in [7, 11) is 1.28. The molecule has 2 N–H and O–H groups in total. The number of benzene rings is 1. The summed E-state index contributed by atoms with van der Waals surface area (Å²) in [6, 6.07) is 9.70. The number of halogens is 1. The number of hydrogen-bond acceptors (Lipinski definition) is 6. The molecule has 8 nitrogen and oxygen atoms in total. The van der Waals surface area contributed by atoms with Crippen molar-refractivity contribution >= 4 is 23.2 Å². The van der Waals surface area contributed by atoms with Crippen LogP contribution in [0.4, 0.5) is 15.8 Å². The van der Waals surface area contributed by atoms with Crippen molar-refractivity contribution < 1.29 is 23.5 Å². The van der Waals surface area contributed by atoms with Gasteiger partial charge in [0.1, 0.15) is 17.5 Å². The van der Waals surface area contributed by atoms with Crippen LogP contribution in [-0.4, -0.2) is 54.5 Å². The number of nitrogens with zero attached hydrogens (tertiary/aromatic N) is 2. The van der Waals surface area contributed by atoms with Crippen molar-refractivity contribution in [1.82, 2.24) is 9.88 Å². The highest BCUT2D eigenvalue weighted by atomic mass is 19.1. The van der Waals surface area contributed by atoms with Gasteiger partial charge in [0.2, 0.25) is 5.91 Å². The summed E-state index contributed by atoms with van der Waals surface area (Å²) in [6.07, 6.45) is 6.57. The van der Waals surface area contributed by atoms with Gasteiger partial charge in [-0.1, -0.05) is 13.8 Å². The van der Waals surface area contributed by atoms with Gasteiger partial charge in [-0.15, -0.1) is 0 Å². The second kappa shape index (κ2) is 14.3. The molecule has 0 saturated carbocycles. The Hall–Kier alpha value is -3.46. The third-order valence-corrected chi connectivity index (χ3v) is 6.42. The molecular weight excluding hydrogens is 475 g/mol. The summed E-state index contributed by atoms with van der Waals surface area (Å²) < 4.78 is 23.5. The molecule has 1 aromatic carbocycles. The number of ether oxygens (including phenoxy) is 2. The minimum atomic E-state index is -0.608. The third kappa shape index (κ3) is 9.49. The summed E-state index contributed by atoms with van der Waals surface area (Å²) in [4.78, 5) is 31.5. The Kier molecular flexibility index (Phi) is 10.9. The summed E-state index contributed by atoms with van der Waals surface area (Å²) in [5, 5.41) is 5.65. The molecule has 3 rings (SSSR count). The van der Waals surface area contributed by atoms with Crippen LogP contribution in [0.3, 0.4) is 0 Å². The Labute approximate surface area is 218 Å². The number of methoxy groups -OCH3 is 1. The van der Waals surface area contributed by atoms with Gasteiger partial charge in [0.05, 0.1) is 13.3 Å². The Bertz CT molecular complexity index is 1040. The number of likely N-dealkylation sites (tertiary alicyclic amines) is 1. The van der Waals surface area contributed by atoms with Crippen LogP contribution in [0.25, 0.3) is 0 Å². The zero-order valence-corrected chi connectivity index (χ0v) is 21.8. The van der Waals surface area contributed by atoms with E-state index in [1.165, 1.54) is 13.2 Å². The summed E-state index contributed by atoms with van der Waals surface area (Å²) >= 11 is 0. The van der Waals surface area contributed by atoms with Gasteiger partial charge in [-0.3, -0.25) is 9.59 Å². The van der Waals surface area contributed by atoms with Crippen LogP contribution in [-0.2, 0) is 9.53 Å². The number of nitrogens with one attached hydrogen (secondary N) is 2. The zero-order chi connectivity index (χ0) is 26.6. The van der Waals surface area contributed by atoms with Gasteiger partial charge in [-0.05, 0) is 80.6 Å². The minimum Gasteiger partial charge on any atom is -0.489 e. The lowest BCUT2D eigenvalue weighted by atomic mass is 10.0. The van der Waals surface area contributed by atoms with Gasteiger partial charge in [-0.2, -0.15) is 4.39 Å². The van der Waals surface area contributed by atoms with E-state index in [1.54, 1.807) is 42.6 Å². The minimum absolute atomic E-state index is 0.123. The number of carbonyl (C=O) groups is 2. The molecule has 1 aromatic heterocycles. The monoisotopic (exact) mass is 512 g/mol. The van der Waals surface area contributed by atoms with Gasteiger partial charge >= 0.3 is 0 Å². The lowest BCUT2D eigenvalue weighted by Crippen LogP contribution is -2.38. The fourth-order valence-electron chi connectivity index (χ4n) is 4.05. The quantitative estimate of drug-likeness (QED) is 0.370. The van der Waals surface area contributed by atoms with E-state index in [4.69, 9.17) is 4.74 Å². The van der Waals surface area contributed by atoms with Gasteiger partial charge in [-0.25, -0.2) is 4.98 Å². The van der Waals surface area contributed by atoms with E-state index in [2.05, 4.69) is 32.2 Å². The van der Waals surface area contributed by atoms with Crippen molar-refractivity contribution in [3.05, 3.63) is 60.4 Å². The molecule has 1 fully saturated rings. The summed E-state index contributed by atoms with van der Waals surface area (Å²) in [5.41, 5.74) is 1.51. The first-order valence-corrected chi connectivity index (χ1v) is 12.8. The van der Waals surface area contributed by atoms with Crippen LogP contribution < -0.4 is 15.4 Å². The highest BCUT2D eigenvalue weighted by Crippen LogP contribution is 2.20. The number of hydrogen-bond donors (Lipinski definition) is 2. The predicted octanol–water partition coefficient (Wildman–Crippen LogP) is 5.40. The van der Waals surface area contributed by atoms with E-state index in [0.29, 0.717) is 42.1 Å². The maximum atomic E-state index is 13.0. The molecule has 2 amide bonds. The number of rotatable bonds is 12. The number of amides is 2. The van der Waals surface area contributed by atoms with Crippen molar-refractivity contribution in [3.8, 4) is 5.75 Å². The van der Waals surface area contributed by atoms with Crippen LogP contribution in [0.15, 0.2) is 54.7 Å². The van der Waals surface area contributed by atoms with E-state index in [-0.39, 0.29) is 23.8 Å². The third-order valence-electron chi connectivity index (χ3n) is 6.42. The molecule has 0 bridgehead atoms. The van der Waals surface area contributed by atoms with E-state index >= 15 is 0 Å². The molecule has 9 heteroatoms. The number of anilines is 2. The van der Waals surface area contributed by atoms with Gasteiger partial charge in [0.15, 0.2) is 0 Å². The fraction of sp³-hybridized carbons (Fsp3) is 0.464. The van der Waals surface area contributed by atoms with E-state index < -0.39 is 6.01 Å². The van der Waals surface area contributed by atoms with Gasteiger partial charge in [0, 0.05) is 30.9 Å². The normalized spacial score (nSPS) is 15.6. The molecule has 2 aromatic rings. The molecule has 0 spiro atoms. The second-order valence-corrected chi connectivity index (χ2v) is 9.30. The van der Waals surface area contributed by atoms with Crippen LogP contribution in [0.5, 0.6) is 5.75 Å². The number of pyridine rings is 1. The lowest BCUT2D eigenvalue weighted by molar-refractivity contribution is -0.116. The molecule has 0 aliphatic carbocycles. The molecule has 1 unspecified atom stereocenters. The standard InChI is InChI=1S/C28H37FN4O4/c1-4-33-17-15-23(16-18-33)37-24-11-12-25(30-19-24)28(35)32-22-9-7-21(8-10-22)31-27(34)14-6-20(2)5-13-26(29)36-3/h7-13,19-20,23H,4-6,14-18H2,1-3H3,(H,31,34)(H,32,35)/b26-13-. The maximum absolute atomic E-state index is 13.0. The molecule has 1 aliphatic heterocycles. The highest BCUT2D eigenvalue weighted by molar-refractivity contribution is 6.03. The molecule has 0 radical (unpaired) electrons. The number of carbonyl (C=O) groups excluding carboxylic acids is 2. The first-order valence-electron chi connectivity index (χ1n) is 12.8. The fourth-order valence-corrected chi connectivity index (χ4v) is 4.05. The molecule has 37 heavy (non-hydrogen) atoms.